The van der Waals surface area contributed by atoms with Crippen LogP contribution >= 0.6 is 11.3 Å². The minimum atomic E-state index is -0.170. The minimum absolute atomic E-state index is 0.0311. The van der Waals surface area contributed by atoms with E-state index in [0.29, 0.717) is 28.9 Å². The molecule has 2 N–H and O–H groups in total. The Morgan fingerprint density at radius 1 is 1.46 bits per heavy atom. The number of hydrogen-bond donors (Lipinski definition) is 2. The van der Waals surface area contributed by atoms with E-state index in [-0.39, 0.29) is 18.4 Å². The Kier molecular flexibility index (Phi) is 4.53. The molecule has 1 aromatic carbocycles. The average Bonchev–Trinajstić information content (AvgIpc) is 2.86. The molecule has 7 heteroatoms. The Morgan fingerprint density at radius 2 is 2.25 bits per heavy atom. The molecule has 1 aromatic heterocycles. The molecule has 0 bridgehead atoms. The fraction of sp³-hybridized carbons (Fsp3) is 0.353. The lowest BCUT2D eigenvalue weighted by molar-refractivity contribution is -0.118. The Hall–Kier alpha value is -2.41. The molecular weight excluding hydrogens is 326 g/mol. The predicted octanol–water partition coefficient (Wildman–Crippen LogP) is 3.43. The standard InChI is InChI=1S/C17H19N3O3S/c1-9(2)6-14(21)19-17-20-16(10(3)24-17)11-4-5-13-12(7-11)18-15(22)8-23-13/h4-5,7,9H,6,8H2,1-3H3,(H,18,22)(H,19,20,21). The largest absolute Gasteiger partial charge is 0.482 e. The van der Waals surface area contributed by atoms with Gasteiger partial charge in [-0.15, -0.1) is 11.3 Å². The lowest BCUT2D eigenvalue weighted by atomic mass is 10.1. The Labute approximate surface area is 144 Å². The second kappa shape index (κ2) is 6.60. The smallest absolute Gasteiger partial charge is 0.262 e. The summed E-state index contributed by atoms with van der Waals surface area (Å²) in [5.41, 5.74) is 2.31. The molecule has 3 rings (SSSR count). The fourth-order valence-corrected chi connectivity index (χ4v) is 3.34. The van der Waals surface area contributed by atoms with E-state index < -0.39 is 0 Å². The van der Waals surface area contributed by atoms with Crippen molar-refractivity contribution >= 4 is 34.0 Å². The third-order valence-corrected chi connectivity index (χ3v) is 4.41. The van der Waals surface area contributed by atoms with Crippen molar-refractivity contribution in [3.8, 4) is 17.0 Å². The first-order valence-electron chi connectivity index (χ1n) is 7.76. The van der Waals surface area contributed by atoms with Crippen LogP contribution in [-0.4, -0.2) is 23.4 Å². The summed E-state index contributed by atoms with van der Waals surface area (Å²) in [6.07, 6.45) is 0.468. The van der Waals surface area contributed by atoms with Crippen LogP contribution in [0.25, 0.3) is 11.3 Å². The molecular formula is C17H19N3O3S. The van der Waals surface area contributed by atoms with Crippen molar-refractivity contribution < 1.29 is 14.3 Å². The molecule has 2 amide bonds. The number of carbonyl (C=O) groups is 2. The van der Waals surface area contributed by atoms with E-state index >= 15 is 0 Å². The van der Waals surface area contributed by atoms with Gasteiger partial charge in [-0.2, -0.15) is 0 Å². The second-order valence-electron chi connectivity index (χ2n) is 6.12. The highest BCUT2D eigenvalue weighted by molar-refractivity contribution is 7.16. The number of thiazole rings is 1. The predicted molar refractivity (Wildman–Crippen MR) is 94.5 cm³/mol. The average molecular weight is 345 g/mol. The highest BCUT2D eigenvalue weighted by Gasteiger charge is 2.18. The maximum atomic E-state index is 11.9. The number of rotatable bonds is 4. The number of fused-ring (bicyclic) bond motifs is 1. The van der Waals surface area contributed by atoms with Crippen LogP contribution in [0.1, 0.15) is 25.1 Å². The summed E-state index contributed by atoms with van der Waals surface area (Å²) in [6.45, 7) is 6.00. The number of carbonyl (C=O) groups excluding carboxylic acids is 2. The maximum Gasteiger partial charge on any atom is 0.262 e. The number of anilines is 2. The summed E-state index contributed by atoms with van der Waals surface area (Å²) in [5.74, 6) is 0.749. The summed E-state index contributed by atoms with van der Waals surface area (Å²) < 4.78 is 5.36. The van der Waals surface area contributed by atoms with Gasteiger partial charge in [0.25, 0.3) is 5.91 Å². The number of ether oxygens (including phenoxy) is 1. The van der Waals surface area contributed by atoms with Crippen molar-refractivity contribution in [1.29, 1.82) is 0 Å². The number of nitrogens with zero attached hydrogens (tertiary/aromatic N) is 1. The zero-order valence-electron chi connectivity index (χ0n) is 13.8. The normalized spacial score (nSPS) is 13.2. The van der Waals surface area contributed by atoms with Crippen molar-refractivity contribution in [2.24, 2.45) is 5.92 Å². The molecule has 126 valence electrons. The van der Waals surface area contributed by atoms with Crippen LogP contribution < -0.4 is 15.4 Å². The zero-order valence-corrected chi connectivity index (χ0v) is 14.6. The van der Waals surface area contributed by atoms with E-state index in [9.17, 15) is 9.59 Å². The van der Waals surface area contributed by atoms with Crippen LogP contribution in [0.4, 0.5) is 10.8 Å². The van der Waals surface area contributed by atoms with Crippen molar-refractivity contribution in [2.45, 2.75) is 27.2 Å². The van der Waals surface area contributed by atoms with Crippen molar-refractivity contribution in [1.82, 2.24) is 4.98 Å². The van der Waals surface area contributed by atoms with Crippen LogP contribution in [0.5, 0.6) is 5.75 Å². The molecule has 0 saturated heterocycles. The molecule has 24 heavy (non-hydrogen) atoms. The first kappa shape index (κ1) is 16.4. The molecule has 1 aliphatic rings. The maximum absolute atomic E-state index is 11.9. The molecule has 0 aliphatic carbocycles. The lowest BCUT2D eigenvalue weighted by Gasteiger charge is -2.18. The number of nitrogens with one attached hydrogen (secondary N) is 2. The van der Waals surface area contributed by atoms with Gasteiger partial charge in [0.2, 0.25) is 5.91 Å². The summed E-state index contributed by atoms with van der Waals surface area (Å²) >= 11 is 1.44. The van der Waals surface area contributed by atoms with E-state index in [4.69, 9.17) is 4.74 Å². The zero-order chi connectivity index (χ0) is 17.3. The summed E-state index contributed by atoms with van der Waals surface area (Å²) in [4.78, 5) is 28.9. The Bertz CT molecular complexity index is 798. The number of aromatic nitrogens is 1. The van der Waals surface area contributed by atoms with Crippen LogP contribution in [0.3, 0.4) is 0 Å². The number of benzene rings is 1. The molecule has 6 nitrogen and oxygen atoms in total. The van der Waals surface area contributed by atoms with Crippen LogP contribution in [0.15, 0.2) is 18.2 Å². The second-order valence-corrected chi connectivity index (χ2v) is 7.32. The van der Waals surface area contributed by atoms with Crippen molar-refractivity contribution in [2.75, 3.05) is 17.2 Å². The molecule has 2 aromatic rings. The highest BCUT2D eigenvalue weighted by Crippen LogP contribution is 2.36. The molecule has 0 spiro atoms. The fourth-order valence-electron chi connectivity index (χ4n) is 2.49. The quantitative estimate of drug-likeness (QED) is 0.889. The minimum Gasteiger partial charge on any atom is -0.482 e. The van der Waals surface area contributed by atoms with Crippen molar-refractivity contribution in [3.63, 3.8) is 0 Å². The van der Waals surface area contributed by atoms with Gasteiger partial charge in [-0.05, 0) is 31.0 Å². The third kappa shape index (κ3) is 3.56. The summed E-state index contributed by atoms with van der Waals surface area (Å²) in [7, 11) is 0. The third-order valence-electron chi connectivity index (χ3n) is 3.52. The Morgan fingerprint density at radius 3 is 3.00 bits per heavy atom. The van der Waals surface area contributed by atoms with Crippen LogP contribution in [0, 0.1) is 12.8 Å². The van der Waals surface area contributed by atoms with E-state index in [2.05, 4.69) is 15.6 Å². The van der Waals surface area contributed by atoms with E-state index in [1.807, 2.05) is 39.0 Å². The molecule has 0 fully saturated rings. The highest BCUT2D eigenvalue weighted by atomic mass is 32.1. The monoisotopic (exact) mass is 345 g/mol. The van der Waals surface area contributed by atoms with E-state index in [1.165, 1.54) is 11.3 Å². The molecule has 0 unspecified atom stereocenters. The van der Waals surface area contributed by atoms with Crippen molar-refractivity contribution in [3.05, 3.63) is 23.1 Å². The Balaban J connectivity index is 1.84. The number of amides is 2. The molecule has 0 atom stereocenters. The molecule has 1 aliphatic heterocycles. The van der Waals surface area contributed by atoms with Gasteiger partial charge >= 0.3 is 0 Å². The summed E-state index contributed by atoms with van der Waals surface area (Å²) in [6, 6.07) is 5.56. The van der Waals surface area contributed by atoms with Gasteiger partial charge in [0, 0.05) is 16.9 Å². The van der Waals surface area contributed by atoms with Gasteiger partial charge in [0.05, 0.1) is 11.4 Å². The number of hydrogen-bond acceptors (Lipinski definition) is 5. The number of aryl methyl sites for hydroxylation is 1. The van der Waals surface area contributed by atoms with Gasteiger partial charge in [-0.3, -0.25) is 9.59 Å². The summed E-state index contributed by atoms with van der Waals surface area (Å²) in [5, 5.41) is 6.23. The SMILES string of the molecule is Cc1sc(NC(=O)CC(C)C)nc1-c1ccc2c(c1)NC(=O)CO2. The molecule has 2 heterocycles. The molecule has 0 radical (unpaired) electrons. The first-order chi connectivity index (χ1) is 11.4. The first-order valence-corrected chi connectivity index (χ1v) is 8.58. The van der Waals surface area contributed by atoms with Crippen LogP contribution in [0.2, 0.25) is 0 Å². The van der Waals surface area contributed by atoms with E-state index in [0.717, 1.165) is 16.1 Å². The van der Waals surface area contributed by atoms with Gasteiger partial charge < -0.3 is 15.4 Å². The van der Waals surface area contributed by atoms with Gasteiger partial charge in [-0.1, -0.05) is 13.8 Å². The van der Waals surface area contributed by atoms with E-state index in [1.54, 1.807) is 0 Å². The lowest BCUT2D eigenvalue weighted by Crippen LogP contribution is -2.25. The van der Waals surface area contributed by atoms with Gasteiger partial charge in [-0.25, -0.2) is 4.98 Å². The van der Waals surface area contributed by atoms with Gasteiger partial charge in [0.15, 0.2) is 11.7 Å². The molecule has 0 saturated carbocycles. The topological polar surface area (TPSA) is 80.3 Å². The van der Waals surface area contributed by atoms with Crippen LogP contribution in [-0.2, 0) is 9.59 Å². The van der Waals surface area contributed by atoms with Gasteiger partial charge in [0.1, 0.15) is 5.75 Å².